The number of aliphatic hydroxyl groups is 3. The van der Waals surface area contributed by atoms with Crippen LogP contribution >= 0.6 is 0 Å². The van der Waals surface area contributed by atoms with E-state index in [1.807, 2.05) is 13.0 Å². The Hall–Kier alpha value is -2.54. The Bertz CT molecular complexity index is 1020. The molecule has 180 valence electrons. The van der Waals surface area contributed by atoms with Gasteiger partial charge in [-0.3, -0.25) is 9.63 Å². The molecule has 0 saturated carbocycles. The molecule has 1 amide bonds. The predicted molar refractivity (Wildman–Crippen MR) is 118 cm³/mol. The Morgan fingerprint density at radius 3 is 2.30 bits per heavy atom. The van der Waals surface area contributed by atoms with Gasteiger partial charge in [0.25, 0.3) is 5.91 Å². The number of aliphatic hydroxyl groups excluding tert-OH is 3. The van der Waals surface area contributed by atoms with Crippen molar-refractivity contribution >= 4 is 15.9 Å². The maximum Gasteiger partial charge on any atom is 0.264 e. The number of benzene rings is 2. The molecule has 11 heteroatoms. The number of hydrogen-bond acceptors (Lipinski definition) is 8. The van der Waals surface area contributed by atoms with Crippen molar-refractivity contribution in [3.8, 4) is 11.5 Å². The van der Waals surface area contributed by atoms with Gasteiger partial charge < -0.3 is 20.1 Å². The summed E-state index contributed by atoms with van der Waals surface area (Å²) in [5.41, 5.74) is 2.13. The number of β-amino-alcohol motifs (C(OH)–C–C–N with tert-alkyl or cyclic N) is 1. The number of nitrogens with zero attached hydrogens (tertiary/aromatic N) is 1. The summed E-state index contributed by atoms with van der Waals surface area (Å²) in [7, 11) is -4.34. The number of carbonyl (C=O) groups is 1. The minimum Gasteiger partial charge on any atom is -0.457 e. The van der Waals surface area contributed by atoms with Crippen LogP contribution in [-0.2, 0) is 19.7 Å². The molecule has 2 aromatic rings. The molecule has 3 rings (SSSR count). The average Bonchev–Trinajstić information content (AvgIpc) is 2.81. The first-order valence-electron chi connectivity index (χ1n) is 10.6. The third-order valence-electron chi connectivity index (χ3n) is 5.20. The summed E-state index contributed by atoms with van der Waals surface area (Å²) < 4.78 is 32.9. The fraction of sp³-hybridized carbons (Fsp3) is 0.409. The zero-order valence-electron chi connectivity index (χ0n) is 18.1. The van der Waals surface area contributed by atoms with Crippen LogP contribution < -0.4 is 10.2 Å². The first kappa shape index (κ1) is 25.1. The van der Waals surface area contributed by atoms with Gasteiger partial charge in [0.15, 0.2) is 0 Å². The molecule has 10 nitrogen and oxygen atoms in total. The van der Waals surface area contributed by atoms with Crippen molar-refractivity contribution in [2.24, 2.45) is 0 Å². The van der Waals surface area contributed by atoms with Crippen LogP contribution in [0.15, 0.2) is 59.5 Å². The topological polar surface area (TPSA) is 146 Å². The van der Waals surface area contributed by atoms with E-state index < -0.39 is 46.8 Å². The van der Waals surface area contributed by atoms with Gasteiger partial charge in [-0.25, -0.2) is 13.9 Å². The number of rotatable bonds is 9. The highest BCUT2D eigenvalue weighted by Crippen LogP contribution is 2.29. The second-order valence-electron chi connectivity index (χ2n) is 7.62. The Morgan fingerprint density at radius 2 is 1.67 bits per heavy atom. The molecule has 0 aliphatic carbocycles. The molecule has 0 aromatic heterocycles. The molecule has 2 aromatic carbocycles. The van der Waals surface area contributed by atoms with E-state index >= 15 is 0 Å². The number of hydroxylamine groups is 1. The summed E-state index contributed by atoms with van der Waals surface area (Å²) in [4.78, 5) is 17.5. The Balaban J connectivity index is 1.82. The van der Waals surface area contributed by atoms with E-state index in [0.717, 1.165) is 6.42 Å². The lowest BCUT2D eigenvalue weighted by Gasteiger charge is -2.41. The molecule has 4 N–H and O–H groups in total. The van der Waals surface area contributed by atoms with Crippen molar-refractivity contribution in [2.45, 2.75) is 49.0 Å². The molecule has 4 atom stereocenters. The SMILES string of the molecule is CCCCONC(=O)[C@H]1[C@@H](O)[C@H](O)[C@H](O)CN1S(=O)(=O)c1ccc(Oc2ccccc2)cc1. The van der Waals surface area contributed by atoms with Gasteiger partial charge in [-0.1, -0.05) is 31.5 Å². The minimum absolute atomic E-state index is 0.177. The number of para-hydroxylation sites is 1. The first-order chi connectivity index (χ1) is 15.8. The smallest absolute Gasteiger partial charge is 0.264 e. The number of unbranched alkanes of at least 4 members (excludes halogenated alkanes) is 1. The van der Waals surface area contributed by atoms with E-state index in [-0.39, 0.29) is 11.5 Å². The first-order valence-corrected chi connectivity index (χ1v) is 12.0. The fourth-order valence-electron chi connectivity index (χ4n) is 3.36. The van der Waals surface area contributed by atoms with Crippen LogP contribution in [0.2, 0.25) is 0 Å². The zero-order valence-corrected chi connectivity index (χ0v) is 18.9. The van der Waals surface area contributed by atoms with Gasteiger partial charge in [-0.05, 0) is 42.8 Å². The number of nitrogens with one attached hydrogen (secondary N) is 1. The lowest BCUT2D eigenvalue weighted by molar-refractivity contribution is -0.157. The molecule has 1 aliphatic heterocycles. The second-order valence-corrected chi connectivity index (χ2v) is 9.51. The van der Waals surface area contributed by atoms with Gasteiger partial charge in [0.05, 0.1) is 17.6 Å². The van der Waals surface area contributed by atoms with Crippen LogP contribution in [-0.4, -0.2) is 71.5 Å². The van der Waals surface area contributed by atoms with Crippen molar-refractivity contribution in [3.63, 3.8) is 0 Å². The molecule has 1 heterocycles. The van der Waals surface area contributed by atoms with Crippen molar-refractivity contribution in [1.82, 2.24) is 9.79 Å². The number of ether oxygens (including phenoxy) is 1. The van der Waals surface area contributed by atoms with E-state index in [2.05, 4.69) is 5.48 Å². The lowest BCUT2D eigenvalue weighted by atomic mass is 9.95. The standard InChI is InChI=1S/C22H28N2O8S/c1-2-3-13-31-23-22(28)19-21(27)20(26)18(25)14-24(19)33(29,30)17-11-9-16(10-12-17)32-15-7-5-4-6-8-15/h4-12,18-21,25-27H,2-3,13-14H2,1H3,(H,23,28)/t18-,19-,20-,21-/m1/s1. The summed E-state index contributed by atoms with van der Waals surface area (Å²) in [5.74, 6) is 0.0224. The number of amides is 1. The highest BCUT2D eigenvalue weighted by Gasteiger charge is 2.50. The maximum absolute atomic E-state index is 13.3. The van der Waals surface area contributed by atoms with Crippen LogP contribution in [0.3, 0.4) is 0 Å². The van der Waals surface area contributed by atoms with Crippen molar-refractivity contribution in [1.29, 1.82) is 0 Å². The van der Waals surface area contributed by atoms with Crippen molar-refractivity contribution in [2.75, 3.05) is 13.2 Å². The quantitative estimate of drug-likeness (QED) is 0.304. The molecule has 0 unspecified atom stereocenters. The molecular formula is C22H28N2O8S. The van der Waals surface area contributed by atoms with Gasteiger partial charge in [-0.2, -0.15) is 4.31 Å². The molecule has 33 heavy (non-hydrogen) atoms. The van der Waals surface area contributed by atoms with Crippen molar-refractivity contribution < 1.29 is 38.1 Å². The molecular weight excluding hydrogens is 452 g/mol. The Labute approximate surface area is 192 Å². The summed E-state index contributed by atoms with van der Waals surface area (Å²) in [6.45, 7) is 1.54. The fourth-order valence-corrected chi connectivity index (χ4v) is 4.98. The lowest BCUT2D eigenvalue weighted by Crippen LogP contribution is -2.66. The number of piperidine rings is 1. The minimum atomic E-state index is -4.34. The second kappa shape index (κ2) is 11.1. The molecule has 1 fully saturated rings. The van der Waals surface area contributed by atoms with Crippen LogP contribution in [0, 0.1) is 0 Å². The molecule has 0 spiro atoms. The largest absolute Gasteiger partial charge is 0.457 e. The molecule has 0 radical (unpaired) electrons. The van der Waals surface area contributed by atoms with Gasteiger partial charge in [0.2, 0.25) is 10.0 Å². The highest BCUT2D eigenvalue weighted by molar-refractivity contribution is 7.89. The normalized spacial score (nSPS) is 23.8. The van der Waals surface area contributed by atoms with Crippen LogP contribution in [0.25, 0.3) is 0 Å². The van der Waals surface area contributed by atoms with Gasteiger partial charge in [0.1, 0.15) is 29.7 Å². The third kappa shape index (κ3) is 5.88. The highest BCUT2D eigenvalue weighted by atomic mass is 32.2. The molecule has 1 saturated heterocycles. The van der Waals surface area contributed by atoms with Crippen LogP contribution in [0.5, 0.6) is 11.5 Å². The zero-order chi connectivity index (χ0) is 24.0. The number of carbonyl (C=O) groups excluding carboxylic acids is 1. The molecule has 1 aliphatic rings. The van der Waals surface area contributed by atoms with Crippen LogP contribution in [0.4, 0.5) is 0 Å². The van der Waals surface area contributed by atoms with E-state index in [4.69, 9.17) is 9.57 Å². The van der Waals surface area contributed by atoms with Gasteiger partial charge in [-0.15, -0.1) is 0 Å². The van der Waals surface area contributed by atoms with E-state index in [9.17, 15) is 28.5 Å². The summed E-state index contributed by atoms with van der Waals surface area (Å²) in [6, 6.07) is 12.7. The summed E-state index contributed by atoms with van der Waals surface area (Å²) in [6.07, 6.45) is -3.67. The monoisotopic (exact) mass is 480 g/mol. The number of sulfonamides is 1. The van der Waals surface area contributed by atoms with E-state index in [1.54, 1.807) is 24.3 Å². The molecule has 0 bridgehead atoms. The average molecular weight is 481 g/mol. The predicted octanol–water partition coefficient (Wildman–Crippen LogP) is 0.782. The third-order valence-corrected chi connectivity index (χ3v) is 7.06. The summed E-state index contributed by atoms with van der Waals surface area (Å²) >= 11 is 0. The maximum atomic E-state index is 13.3. The van der Waals surface area contributed by atoms with E-state index in [0.29, 0.717) is 22.2 Å². The summed E-state index contributed by atoms with van der Waals surface area (Å²) in [5, 5.41) is 30.5. The van der Waals surface area contributed by atoms with Gasteiger partial charge in [0, 0.05) is 6.54 Å². The van der Waals surface area contributed by atoms with Crippen LogP contribution in [0.1, 0.15) is 19.8 Å². The number of hydrogen-bond donors (Lipinski definition) is 4. The Morgan fingerprint density at radius 1 is 1.03 bits per heavy atom. The van der Waals surface area contributed by atoms with E-state index in [1.165, 1.54) is 24.3 Å². The van der Waals surface area contributed by atoms with Crippen molar-refractivity contribution in [3.05, 3.63) is 54.6 Å². The van der Waals surface area contributed by atoms with Gasteiger partial charge >= 0.3 is 0 Å². The Kier molecular flexibility index (Phi) is 8.40.